The zero-order valence-electron chi connectivity index (χ0n) is 6.68. The van der Waals surface area contributed by atoms with E-state index in [1.54, 1.807) is 0 Å². The van der Waals surface area contributed by atoms with E-state index in [4.69, 9.17) is 10.8 Å². The van der Waals surface area contributed by atoms with E-state index in [9.17, 15) is 4.79 Å². The Morgan fingerprint density at radius 2 is 2.00 bits per heavy atom. The largest absolute Gasteiger partial charge is 0.396 e. The van der Waals surface area contributed by atoms with Gasteiger partial charge in [0.05, 0.1) is 0 Å². The fraction of sp³-hybridized carbons (Fsp3) is 0.875. The maximum atomic E-state index is 10.9. The van der Waals surface area contributed by atoms with Crippen LogP contribution in [0.3, 0.4) is 0 Å². The summed E-state index contributed by atoms with van der Waals surface area (Å²) in [5, 5.41) is 9.04. The van der Waals surface area contributed by atoms with Crippen LogP contribution >= 0.6 is 0 Å². The Labute approximate surface area is 66.6 Å². The van der Waals surface area contributed by atoms with Gasteiger partial charge < -0.3 is 10.8 Å². The van der Waals surface area contributed by atoms with Gasteiger partial charge in [-0.1, -0.05) is 0 Å². The summed E-state index contributed by atoms with van der Waals surface area (Å²) >= 11 is 0. The molecule has 0 radical (unpaired) electrons. The van der Waals surface area contributed by atoms with Crippen LogP contribution in [0.4, 0.5) is 0 Å². The average Bonchev–Trinajstić information content (AvgIpc) is 2.07. The topological polar surface area (TPSA) is 63.3 Å². The number of carbonyl (C=O) groups is 1. The molecule has 0 amide bonds. The molecule has 1 rings (SSSR count). The molecule has 0 saturated heterocycles. The fourth-order valence-corrected chi connectivity index (χ4v) is 1.49. The standard InChI is InChI=1S/C8H15NO2/c9-5-8(6-10)3-1-7(11)2-4-8/h10H,1-6,9H2. The maximum absolute atomic E-state index is 10.9. The smallest absolute Gasteiger partial charge is 0.132 e. The van der Waals surface area contributed by atoms with E-state index in [0.29, 0.717) is 25.2 Å². The third-order valence-electron chi connectivity index (χ3n) is 2.64. The molecule has 3 heteroatoms. The van der Waals surface area contributed by atoms with E-state index in [1.165, 1.54) is 0 Å². The Morgan fingerprint density at radius 1 is 1.45 bits per heavy atom. The normalized spacial score (nSPS) is 23.6. The van der Waals surface area contributed by atoms with E-state index in [1.807, 2.05) is 0 Å². The van der Waals surface area contributed by atoms with Crippen LogP contribution in [0.2, 0.25) is 0 Å². The van der Waals surface area contributed by atoms with E-state index in [0.717, 1.165) is 12.8 Å². The van der Waals surface area contributed by atoms with Gasteiger partial charge in [-0.25, -0.2) is 0 Å². The Balaban J connectivity index is 2.52. The lowest BCUT2D eigenvalue weighted by atomic mass is 9.74. The highest BCUT2D eigenvalue weighted by atomic mass is 16.3. The van der Waals surface area contributed by atoms with Crippen LogP contribution in [0.1, 0.15) is 25.7 Å². The van der Waals surface area contributed by atoms with Gasteiger partial charge >= 0.3 is 0 Å². The van der Waals surface area contributed by atoms with Gasteiger partial charge in [-0.3, -0.25) is 4.79 Å². The summed E-state index contributed by atoms with van der Waals surface area (Å²) in [6, 6.07) is 0. The molecule has 3 nitrogen and oxygen atoms in total. The third-order valence-corrected chi connectivity index (χ3v) is 2.64. The predicted molar refractivity (Wildman–Crippen MR) is 42.0 cm³/mol. The predicted octanol–water partition coefficient (Wildman–Crippen LogP) is 0.0669. The van der Waals surface area contributed by atoms with Crippen molar-refractivity contribution in [2.24, 2.45) is 11.1 Å². The summed E-state index contributed by atoms with van der Waals surface area (Å²) in [5.74, 6) is 0.308. The first-order valence-corrected chi connectivity index (χ1v) is 4.05. The number of carbonyl (C=O) groups excluding carboxylic acids is 1. The minimum Gasteiger partial charge on any atom is -0.396 e. The van der Waals surface area contributed by atoms with Crippen LogP contribution < -0.4 is 5.73 Å². The van der Waals surface area contributed by atoms with Crippen molar-refractivity contribution in [3.05, 3.63) is 0 Å². The van der Waals surface area contributed by atoms with Crippen molar-refractivity contribution < 1.29 is 9.90 Å². The van der Waals surface area contributed by atoms with E-state index >= 15 is 0 Å². The van der Waals surface area contributed by atoms with Gasteiger partial charge in [0.15, 0.2) is 0 Å². The zero-order valence-corrected chi connectivity index (χ0v) is 6.68. The molecule has 1 aliphatic carbocycles. The number of nitrogens with two attached hydrogens (primary N) is 1. The van der Waals surface area contributed by atoms with Gasteiger partial charge in [0.1, 0.15) is 5.78 Å². The van der Waals surface area contributed by atoms with Crippen LogP contribution in [0.5, 0.6) is 0 Å². The van der Waals surface area contributed by atoms with Crippen molar-refractivity contribution in [3.63, 3.8) is 0 Å². The van der Waals surface area contributed by atoms with Crippen LogP contribution in [0.15, 0.2) is 0 Å². The molecular formula is C8H15NO2. The number of rotatable bonds is 2. The van der Waals surface area contributed by atoms with Gasteiger partial charge in [0.25, 0.3) is 0 Å². The number of aliphatic hydroxyl groups excluding tert-OH is 1. The average molecular weight is 157 g/mol. The lowest BCUT2D eigenvalue weighted by molar-refractivity contribution is -0.122. The summed E-state index contributed by atoms with van der Waals surface area (Å²) < 4.78 is 0. The second-order valence-electron chi connectivity index (χ2n) is 3.40. The molecule has 1 saturated carbocycles. The lowest BCUT2D eigenvalue weighted by Gasteiger charge is -2.33. The highest BCUT2D eigenvalue weighted by Crippen LogP contribution is 2.32. The molecule has 0 aromatic carbocycles. The number of hydrogen-bond acceptors (Lipinski definition) is 3. The van der Waals surface area contributed by atoms with E-state index in [-0.39, 0.29) is 12.0 Å². The Morgan fingerprint density at radius 3 is 2.36 bits per heavy atom. The first-order valence-electron chi connectivity index (χ1n) is 4.05. The minimum absolute atomic E-state index is 0.122. The molecule has 1 fully saturated rings. The summed E-state index contributed by atoms with van der Waals surface area (Å²) in [6.45, 7) is 0.619. The molecule has 0 aliphatic heterocycles. The van der Waals surface area contributed by atoms with Crippen molar-refractivity contribution in [3.8, 4) is 0 Å². The number of hydrogen-bond donors (Lipinski definition) is 2. The van der Waals surface area contributed by atoms with Crippen molar-refractivity contribution in [1.82, 2.24) is 0 Å². The SMILES string of the molecule is NCC1(CO)CCC(=O)CC1. The second kappa shape index (κ2) is 3.32. The molecule has 1 aliphatic rings. The van der Waals surface area contributed by atoms with Gasteiger partial charge in [0.2, 0.25) is 0 Å². The van der Waals surface area contributed by atoms with Gasteiger partial charge in [-0.05, 0) is 12.8 Å². The molecule has 0 atom stereocenters. The fourth-order valence-electron chi connectivity index (χ4n) is 1.49. The second-order valence-corrected chi connectivity index (χ2v) is 3.40. The molecule has 3 N–H and O–H groups in total. The molecular weight excluding hydrogens is 142 g/mol. The van der Waals surface area contributed by atoms with Crippen LogP contribution in [-0.2, 0) is 4.79 Å². The van der Waals surface area contributed by atoms with Crippen LogP contribution in [0.25, 0.3) is 0 Å². The molecule has 0 aromatic heterocycles. The minimum atomic E-state index is -0.145. The van der Waals surface area contributed by atoms with Crippen LogP contribution in [-0.4, -0.2) is 24.0 Å². The van der Waals surface area contributed by atoms with Crippen molar-refractivity contribution in [1.29, 1.82) is 0 Å². The summed E-state index contributed by atoms with van der Waals surface area (Å²) in [4.78, 5) is 10.9. The Hall–Kier alpha value is -0.410. The maximum Gasteiger partial charge on any atom is 0.132 e. The first-order chi connectivity index (χ1) is 5.22. The molecule has 64 valence electrons. The molecule has 0 unspecified atom stereocenters. The third kappa shape index (κ3) is 1.79. The monoisotopic (exact) mass is 157 g/mol. The van der Waals surface area contributed by atoms with Crippen molar-refractivity contribution >= 4 is 5.78 Å². The molecule has 0 bridgehead atoms. The van der Waals surface area contributed by atoms with Crippen molar-refractivity contribution in [2.75, 3.05) is 13.2 Å². The Bertz CT molecular complexity index is 140. The number of Topliss-reactive ketones (excluding diaryl/α,β-unsaturated/α-hetero) is 1. The molecule has 11 heavy (non-hydrogen) atoms. The quantitative estimate of drug-likeness (QED) is 0.596. The molecule has 0 spiro atoms. The summed E-state index contributed by atoms with van der Waals surface area (Å²) in [7, 11) is 0. The van der Waals surface area contributed by atoms with Gasteiger partial charge in [-0.15, -0.1) is 0 Å². The van der Waals surface area contributed by atoms with E-state index < -0.39 is 0 Å². The highest BCUT2D eigenvalue weighted by Gasteiger charge is 2.32. The zero-order chi connectivity index (χ0) is 8.32. The lowest BCUT2D eigenvalue weighted by Crippen LogP contribution is -2.38. The van der Waals surface area contributed by atoms with Gasteiger partial charge in [-0.2, -0.15) is 0 Å². The van der Waals surface area contributed by atoms with Gasteiger partial charge in [0, 0.05) is 31.4 Å². The Kier molecular flexibility index (Phi) is 2.62. The molecule has 0 aromatic rings. The molecule has 0 heterocycles. The van der Waals surface area contributed by atoms with E-state index in [2.05, 4.69) is 0 Å². The summed E-state index contributed by atoms with van der Waals surface area (Å²) in [5.41, 5.74) is 5.38. The summed E-state index contributed by atoms with van der Waals surface area (Å²) in [6.07, 6.45) is 2.72. The number of aliphatic hydroxyl groups is 1. The highest BCUT2D eigenvalue weighted by molar-refractivity contribution is 5.79. The number of ketones is 1. The first kappa shape index (κ1) is 8.68. The van der Waals surface area contributed by atoms with Crippen LogP contribution in [0, 0.1) is 5.41 Å². The van der Waals surface area contributed by atoms with Crippen molar-refractivity contribution in [2.45, 2.75) is 25.7 Å².